The van der Waals surface area contributed by atoms with Crippen molar-refractivity contribution in [2.45, 2.75) is 66.2 Å². The summed E-state index contributed by atoms with van der Waals surface area (Å²) >= 11 is 0. The highest BCUT2D eigenvalue weighted by Crippen LogP contribution is 2.27. The minimum atomic E-state index is 0.497. The highest BCUT2D eigenvalue weighted by Gasteiger charge is 2.07. The molecule has 0 aliphatic rings. The molecule has 0 amide bonds. The summed E-state index contributed by atoms with van der Waals surface area (Å²) in [7, 11) is 1.75. The van der Waals surface area contributed by atoms with Crippen LogP contribution in [0.15, 0.2) is 41.5 Å². The fourth-order valence-electron chi connectivity index (χ4n) is 2.57. The van der Waals surface area contributed by atoms with Gasteiger partial charge >= 0.3 is 0 Å². The summed E-state index contributed by atoms with van der Waals surface area (Å²) in [5, 5.41) is 0. The summed E-state index contributed by atoms with van der Waals surface area (Å²) in [6.45, 7) is 11.0. The van der Waals surface area contributed by atoms with E-state index in [2.05, 4.69) is 65.0 Å². The van der Waals surface area contributed by atoms with E-state index in [1.807, 2.05) is 0 Å². The fourth-order valence-corrected chi connectivity index (χ4v) is 2.57. The minimum Gasteiger partial charge on any atom is -0.496 e. The zero-order valence-electron chi connectivity index (χ0n) is 15.2. The Kier molecular flexibility index (Phi) is 8.01. The van der Waals surface area contributed by atoms with Crippen LogP contribution in [0.5, 0.6) is 5.75 Å². The maximum absolute atomic E-state index is 5.45. The van der Waals surface area contributed by atoms with E-state index in [9.17, 15) is 0 Å². The van der Waals surface area contributed by atoms with Crippen molar-refractivity contribution in [3.05, 3.63) is 52.6 Å². The van der Waals surface area contributed by atoms with Crippen LogP contribution in [-0.2, 0) is 6.42 Å². The van der Waals surface area contributed by atoms with Crippen LogP contribution in [0.25, 0.3) is 0 Å². The van der Waals surface area contributed by atoms with Crippen LogP contribution in [0.3, 0.4) is 0 Å². The molecular formula is C21H32O. The van der Waals surface area contributed by atoms with Crippen LogP contribution >= 0.6 is 0 Å². The van der Waals surface area contributed by atoms with Crippen molar-refractivity contribution in [2.75, 3.05) is 7.11 Å². The number of aryl methyl sites for hydroxylation is 1. The molecule has 22 heavy (non-hydrogen) atoms. The summed E-state index contributed by atoms with van der Waals surface area (Å²) in [5.41, 5.74) is 5.62. The van der Waals surface area contributed by atoms with Gasteiger partial charge in [0.25, 0.3) is 0 Å². The second-order valence-corrected chi connectivity index (χ2v) is 6.64. The van der Waals surface area contributed by atoms with Crippen molar-refractivity contribution in [3.8, 4) is 5.75 Å². The van der Waals surface area contributed by atoms with E-state index < -0.39 is 0 Å². The van der Waals surface area contributed by atoms with Crippen molar-refractivity contribution < 1.29 is 4.74 Å². The zero-order valence-corrected chi connectivity index (χ0v) is 15.2. The first kappa shape index (κ1) is 18.5. The fraction of sp³-hybridized carbons (Fsp3) is 0.524. The van der Waals surface area contributed by atoms with Crippen LogP contribution < -0.4 is 4.74 Å². The summed E-state index contributed by atoms with van der Waals surface area (Å²) in [6.07, 6.45) is 9.25. The molecule has 0 spiro atoms. The molecule has 122 valence electrons. The van der Waals surface area contributed by atoms with Crippen LogP contribution in [-0.4, -0.2) is 7.11 Å². The normalized spacial score (nSPS) is 11.7. The van der Waals surface area contributed by atoms with Crippen molar-refractivity contribution in [1.82, 2.24) is 0 Å². The van der Waals surface area contributed by atoms with Gasteiger partial charge in [-0.3, -0.25) is 0 Å². The zero-order chi connectivity index (χ0) is 16.5. The summed E-state index contributed by atoms with van der Waals surface area (Å²) in [6, 6.07) is 6.60. The Morgan fingerprint density at radius 2 is 1.82 bits per heavy atom. The monoisotopic (exact) mass is 300 g/mol. The summed E-state index contributed by atoms with van der Waals surface area (Å²) < 4.78 is 5.45. The Morgan fingerprint density at radius 3 is 2.41 bits per heavy atom. The molecule has 1 aromatic carbocycles. The van der Waals surface area contributed by atoms with Gasteiger partial charge in [-0.25, -0.2) is 0 Å². The molecule has 0 radical (unpaired) electrons. The van der Waals surface area contributed by atoms with Crippen molar-refractivity contribution in [3.63, 3.8) is 0 Å². The second kappa shape index (κ2) is 9.50. The van der Waals surface area contributed by atoms with Gasteiger partial charge in [0.2, 0.25) is 0 Å². The van der Waals surface area contributed by atoms with Gasteiger partial charge in [0, 0.05) is 0 Å². The standard InChI is InChI=1S/C21H32O/c1-16(2)9-7-10-18(5)11-8-12-19-13-14-21(22-6)20(15-19)17(3)4/h9,11,13-15,17H,7-8,10,12H2,1-6H3/b18-11+. The maximum atomic E-state index is 5.45. The van der Waals surface area contributed by atoms with Crippen LogP contribution in [0, 0.1) is 0 Å². The quantitative estimate of drug-likeness (QED) is 0.502. The Hall–Kier alpha value is -1.50. The molecule has 1 aromatic rings. The SMILES string of the molecule is COc1ccc(CC/C=C(\C)CCC=C(C)C)cc1C(C)C. The number of benzene rings is 1. The van der Waals surface area contributed by atoms with E-state index in [-0.39, 0.29) is 0 Å². The molecule has 0 fully saturated rings. The van der Waals surface area contributed by atoms with E-state index >= 15 is 0 Å². The lowest BCUT2D eigenvalue weighted by Crippen LogP contribution is -1.96. The Morgan fingerprint density at radius 1 is 1.09 bits per heavy atom. The van der Waals surface area contributed by atoms with Crippen molar-refractivity contribution >= 4 is 0 Å². The van der Waals surface area contributed by atoms with E-state index in [0.29, 0.717) is 5.92 Å². The van der Waals surface area contributed by atoms with Gasteiger partial charge in [-0.15, -0.1) is 0 Å². The lowest BCUT2D eigenvalue weighted by Gasteiger charge is -2.13. The summed E-state index contributed by atoms with van der Waals surface area (Å²) in [4.78, 5) is 0. The first-order valence-corrected chi connectivity index (χ1v) is 8.39. The van der Waals surface area contributed by atoms with Gasteiger partial charge in [0.05, 0.1) is 7.11 Å². The lowest BCUT2D eigenvalue weighted by molar-refractivity contribution is 0.407. The molecule has 0 aromatic heterocycles. The molecule has 0 N–H and O–H groups in total. The molecule has 0 aliphatic carbocycles. The number of hydrogen-bond donors (Lipinski definition) is 0. The first-order valence-electron chi connectivity index (χ1n) is 8.39. The number of ether oxygens (including phenoxy) is 1. The predicted octanol–water partition coefficient (Wildman–Crippen LogP) is 6.44. The van der Waals surface area contributed by atoms with Crippen LogP contribution in [0.2, 0.25) is 0 Å². The Balaban J connectivity index is 2.57. The van der Waals surface area contributed by atoms with E-state index in [1.54, 1.807) is 7.11 Å². The van der Waals surface area contributed by atoms with Crippen molar-refractivity contribution in [2.24, 2.45) is 0 Å². The van der Waals surface area contributed by atoms with Gasteiger partial charge in [0.15, 0.2) is 0 Å². The molecule has 1 nitrogen and oxygen atoms in total. The molecular weight excluding hydrogens is 268 g/mol. The van der Waals surface area contributed by atoms with Crippen LogP contribution in [0.4, 0.5) is 0 Å². The average molecular weight is 300 g/mol. The van der Waals surface area contributed by atoms with Gasteiger partial charge in [-0.1, -0.05) is 49.3 Å². The Labute approximate surface area is 137 Å². The second-order valence-electron chi connectivity index (χ2n) is 6.64. The third-order valence-corrected chi connectivity index (χ3v) is 3.93. The molecule has 0 unspecified atom stereocenters. The van der Waals surface area contributed by atoms with E-state index in [0.717, 1.165) is 25.0 Å². The minimum absolute atomic E-state index is 0.497. The van der Waals surface area contributed by atoms with Gasteiger partial charge in [0.1, 0.15) is 5.75 Å². The van der Waals surface area contributed by atoms with Gasteiger partial charge in [-0.2, -0.15) is 0 Å². The van der Waals surface area contributed by atoms with E-state index in [4.69, 9.17) is 4.74 Å². The largest absolute Gasteiger partial charge is 0.496 e. The molecule has 0 saturated heterocycles. The summed E-state index contributed by atoms with van der Waals surface area (Å²) in [5.74, 6) is 1.50. The number of rotatable bonds is 8. The molecule has 0 saturated carbocycles. The van der Waals surface area contributed by atoms with Gasteiger partial charge in [-0.05, 0) is 69.6 Å². The molecule has 0 aliphatic heterocycles. The van der Waals surface area contributed by atoms with E-state index in [1.165, 1.54) is 28.7 Å². The Bertz CT molecular complexity index is 517. The highest BCUT2D eigenvalue weighted by atomic mass is 16.5. The number of hydrogen-bond acceptors (Lipinski definition) is 1. The predicted molar refractivity (Wildman–Crippen MR) is 97.8 cm³/mol. The number of methoxy groups -OCH3 is 1. The third kappa shape index (κ3) is 6.51. The molecule has 0 heterocycles. The molecule has 0 bridgehead atoms. The smallest absolute Gasteiger partial charge is 0.122 e. The van der Waals surface area contributed by atoms with Crippen LogP contribution in [0.1, 0.15) is 70.9 Å². The first-order chi connectivity index (χ1) is 10.4. The third-order valence-electron chi connectivity index (χ3n) is 3.93. The van der Waals surface area contributed by atoms with Gasteiger partial charge < -0.3 is 4.74 Å². The molecule has 1 heteroatoms. The number of allylic oxidation sites excluding steroid dienone is 4. The molecule has 1 rings (SSSR count). The maximum Gasteiger partial charge on any atom is 0.122 e. The topological polar surface area (TPSA) is 9.23 Å². The van der Waals surface area contributed by atoms with Crippen molar-refractivity contribution in [1.29, 1.82) is 0 Å². The highest BCUT2D eigenvalue weighted by molar-refractivity contribution is 5.39. The lowest BCUT2D eigenvalue weighted by atomic mass is 9.97. The average Bonchev–Trinajstić information content (AvgIpc) is 2.46. The molecule has 0 atom stereocenters.